The van der Waals surface area contributed by atoms with Gasteiger partial charge in [-0.05, 0) is 45.1 Å². The molecule has 2 fully saturated rings. The molecule has 2 aliphatic rings. The fourth-order valence-electron chi connectivity index (χ4n) is 4.53. The number of hydrogen-bond acceptors (Lipinski definition) is 6. The van der Waals surface area contributed by atoms with Crippen molar-refractivity contribution in [2.45, 2.75) is 76.2 Å². The Morgan fingerprint density at radius 1 is 1.29 bits per heavy atom. The van der Waals surface area contributed by atoms with Gasteiger partial charge in [-0.15, -0.1) is 0 Å². The molecular formula is C23H32N2O6. The van der Waals surface area contributed by atoms with Gasteiger partial charge in [0, 0.05) is 13.0 Å². The number of rotatable bonds is 9. The van der Waals surface area contributed by atoms with E-state index in [0.717, 1.165) is 18.4 Å². The van der Waals surface area contributed by atoms with Crippen LogP contribution in [-0.4, -0.2) is 71.3 Å². The van der Waals surface area contributed by atoms with Gasteiger partial charge in [0.25, 0.3) is 0 Å². The van der Waals surface area contributed by atoms with E-state index >= 15 is 0 Å². The standard InChI is InChI=1S/C23H32N2O6/c1-3-30-23(29)17(12-11-16-8-5-4-6-9-16)24-15(2)21(26)25-18-10-7-13-31-20(18)14-19(25)22(27)28/h4-6,8-9,15,17-20,24H,3,7,10-14H2,1-2H3,(H,27,28)/t15?,17-,18?,19-,20?/m0/s1. The molecular weight excluding hydrogens is 400 g/mol. The van der Waals surface area contributed by atoms with E-state index in [1.807, 2.05) is 30.3 Å². The molecule has 1 aromatic carbocycles. The van der Waals surface area contributed by atoms with Gasteiger partial charge < -0.3 is 19.5 Å². The van der Waals surface area contributed by atoms with E-state index in [-0.39, 0.29) is 24.7 Å². The molecule has 1 aromatic rings. The maximum Gasteiger partial charge on any atom is 0.326 e. The number of nitrogens with one attached hydrogen (secondary N) is 1. The molecule has 8 nitrogen and oxygen atoms in total. The van der Waals surface area contributed by atoms with E-state index in [1.54, 1.807) is 13.8 Å². The lowest BCUT2D eigenvalue weighted by Gasteiger charge is -2.35. The molecule has 0 saturated carbocycles. The summed E-state index contributed by atoms with van der Waals surface area (Å²) in [4.78, 5) is 39.1. The van der Waals surface area contributed by atoms with Gasteiger partial charge in [-0.25, -0.2) is 4.79 Å². The smallest absolute Gasteiger partial charge is 0.326 e. The molecule has 0 aromatic heterocycles. The predicted molar refractivity (Wildman–Crippen MR) is 113 cm³/mol. The van der Waals surface area contributed by atoms with Crippen LogP contribution in [0.2, 0.25) is 0 Å². The zero-order valence-electron chi connectivity index (χ0n) is 18.2. The number of nitrogens with zero attached hydrogens (tertiary/aromatic N) is 1. The van der Waals surface area contributed by atoms with Gasteiger partial charge in [-0.1, -0.05) is 30.3 Å². The van der Waals surface area contributed by atoms with E-state index in [4.69, 9.17) is 9.47 Å². The SMILES string of the molecule is CCOC(=O)[C@H](CCc1ccccc1)NC(C)C(=O)N1C2CCCOC2C[C@H]1C(=O)O. The number of carbonyl (C=O) groups excluding carboxylic acids is 2. The average Bonchev–Trinajstić information content (AvgIpc) is 3.16. The Kier molecular flexibility index (Phi) is 8.03. The molecule has 0 aliphatic carbocycles. The number of carbonyl (C=O) groups is 3. The lowest BCUT2D eigenvalue weighted by atomic mass is 10.0. The molecule has 170 valence electrons. The minimum atomic E-state index is -1.02. The monoisotopic (exact) mass is 432 g/mol. The maximum atomic E-state index is 13.3. The van der Waals surface area contributed by atoms with Crippen molar-refractivity contribution in [2.24, 2.45) is 0 Å². The van der Waals surface area contributed by atoms with Crippen molar-refractivity contribution in [1.82, 2.24) is 10.2 Å². The number of aryl methyl sites for hydroxylation is 1. The van der Waals surface area contributed by atoms with Crippen LogP contribution < -0.4 is 5.32 Å². The van der Waals surface area contributed by atoms with Crippen molar-refractivity contribution in [2.75, 3.05) is 13.2 Å². The van der Waals surface area contributed by atoms with Crippen molar-refractivity contribution in [3.63, 3.8) is 0 Å². The molecule has 8 heteroatoms. The largest absolute Gasteiger partial charge is 0.480 e. The molecule has 3 unspecified atom stereocenters. The number of likely N-dealkylation sites (tertiary alicyclic amines) is 1. The Morgan fingerprint density at radius 3 is 2.71 bits per heavy atom. The number of carboxylic acid groups (broad SMARTS) is 1. The minimum absolute atomic E-state index is 0.239. The van der Waals surface area contributed by atoms with Crippen molar-refractivity contribution in [3.05, 3.63) is 35.9 Å². The molecule has 1 amide bonds. The summed E-state index contributed by atoms with van der Waals surface area (Å²) >= 11 is 0. The second-order valence-electron chi connectivity index (χ2n) is 8.17. The van der Waals surface area contributed by atoms with Gasteiger partial charge in [0.2, 0.25) is 5.91 Å². The topological polar surface area (TPSA) is 105 Å². The highest BCUT2D eigenvalue weighted by atomic mass is 16.5. The normalized spacial score (nSPS) is 24.8. The van der Waals surface area contributed by atoms with Crippen LogP contribution >= 0.6 is 0 Å². The zero-order valence-corrected chi connectivity index (χ0v) is 18.2. The van der Waals surface area contributed by atoms with Gasteiger partial charge in [0.15, 0.2) is 0 Å². The van der Waals surface area contributed by atoms with Crippen molar-refractivity contribution >= 4 is 17.8 Å². The molecule has 5 atom stereocenters. The Bertz CT molecular complexity index is 771. The van der Waals surface area contributed by atoms with Gasteiger partial charge in [-0.3, -0.25) is 14.9 Å². The molecule has 0 radical (unpaired) electrons. The van der Waals surface area contributed by atoms with Gasteiger partial charge in [0.05, 0.1) is 24.8 Å². The molecule has 0 bridgehead atoms. The van der Waals surface area contributed by atoms with Crippen LogP contribution in [0, 0.1) is 0 Å². The Labute approximate surface area is 182 Å². The van der Waals surface area contributed by atoms with E-state index < -0.39 is 30.1 Å². The highest BCUT2D eigenvalue weighted by Gasteiger charge is 2.49. The Hall–Kier alpha value is -2.45. The number of amides is 1. The van der Waals surface area contributed by atoms with E-state index in [1.165, 1.54) is 4.90 Å². The maximum absolute atomic E-state index is 13.3. The summed E-state index contributed by atoms with van der Waals surface area (Å²) in [6.07, 6.45) is 2.69. The third-order valence-electron chi connectivity index (χ3n) is 6.05. The van der Waals surface area contributed by atoms with Crippen LogP contribution in [0.5, 0.6) is 0 Å². The molecule has 2 aliphatic heterocycles. The first-order chi connectivity index (χ1) is 14.9. The quantitative estimate of drug-likeness (QED) is 0.573. The Balaban J connectivity index is 1.70. The van der Waals surface area contributed by atoms with Crippen LogP contribution in [0.25, 0.3) is 0 Å². The first-order valence-corrected chi connectivity index (χ1v) is 11.1. The van der Waals surface area contributed by atoms with Crippen molar-refractivity contribution < 1.29 is 29.0 Å². The summed E-state index contributed by atoms with van der Waals surface area (Å²) in [6.45, 7) is 4.26. The van der Waals surface area contributed by atoms with E-state index in [9.17, 15) is 19.5 Å². The number of carboxylic acids is 1. The van der Waals surface area contributed by atoms with Crippen molar-refractivity contribution in [1.29, 1.82) is 0 Å². The minimum Gasteiger partial charge on any atom is -0.480 e. The van der Waals surface area contributed by atoms with Crippen LogP contribution in [0.15, 0.2) is 30.3 Å². The van der Waals surface area contributed by atoms with Crippen LogP contribution in [0.1, 0.15) is 45.1 Å². The lowest BCUT2D eigenvalue weighted by Crippen LogP contribution is -2.56. The van der Waals surface area contributed by atoms with E-state index in [0.29, 0.717) is 25.9 Å². The summed E-state index contributed by atoms with van der Waals surface area (Å²) < 4.78 is 10.9. The third-order valence-corrected chi connectivity index (χ3v) is 6.05. The first-order valence-electron chi connectivity index (χ1n) is 11.1. The summed E-state index contributed by atoms with van der Waals surface area (Å²) in [7, 11) is 0. The fourth-order valence-corrected chi connectivity index (χ4v) is 4.53. The zero-order chi connectivity index (χ0) is 22.4. The number of hydrogen-bond donors (Lipinski definition) is 2. The number of fused-ring (bicyclic) bond motifs is 1. The first kappa shape index (κ1) is 23.2. The molecule has 2 saturated heterocycles. The number of aliphatic carboxylic acids is 1. The van der Waals surface area contributed by atoms with Crippen LogP contribution in [-0.2, 0) is 30.3 Å². The molecule has 0 spiro atoms. The summed E-state index contributed by atoms with van der Waals surface area (Å²) in [6, 6.07) is 7.25. The second-order valence-corrected chi connectivity index (χ2v) is 8.17. The number of ether oxygens (including phenoxy) is 2. The van der Waals surface area contributed by atoms with E-state index in [2.05, 4.69) is 5.32 Å². The summed E-state index contributed by atoms with van der Waals surface area (Å²) in [5.41, 5.74) is 1.09. The van der Waals surface area contributed by atoms with Crippen LogP contribution in [0.4, 0.5) is 0 Å². The Morgan fingerprint density at radius 2 is 2.03 bits per heavy atom. The second kappa shape index (κ2) is 10.7. The fraction of sp³-hybridized carbons (Fsp3) is 0.609. The molecule has 3 rings (SSSR count). The van der Waals surface area contributed by atoms with Gasteiger partial charge in [0.1, 0.15) is 12.1 Å². The number of esters is 1. The van der Waals surface area contributed by atoms with Gasteiger partial charge >= 0.3 is 11.9 Å². The highest BCUT2D eigenvalue weighted by Crippen LogP contribution is 2.33. The third kappa shape index (κ3) is 5.62. The van der Waals surface area contributed by atoms with Crippen LogP contribution in [0.3, 0.4) is 0 Å². The van der Waals surface area contributed by atoms with Crippen molar-refractivity contribution in [3.8, 4) is 0 Å². The molecule has 2 heterocycles. The molecule has 31 heavy (non-hydrogen) atoms. The molecule has 2 N–H and O–H groups in total. The summed E-state index contributed by atoms with van der Waals surface area (Å²) in [5, 5.41) is 12.8. The average molecular weight is 433 g/mol. The highest BCUT2D eigenvalue weighted by molar-refractivity contribution is 5.88. The summed E-state index contributed by atoms with van der Waals surface area (Å²) in [5.74, 6) is -1.75. The predicted octanol–water partition coefficient (Wildman–Crippen LogP) is 1.76. The lowest BCUT2D eigenvalue weighted by molar-refractivity contribution is -0.152. The van der Waals surface area contributed by atoms with Gasteiger partial charge in [-0.2, -0.15) is 0 Å². The number of benzene rings is 1.